The van der Waals surface area contributed by atoms with Gasteiger partial charge in [-0.2, -0.15) is 0 Å². The smallest absolute Gasteiger partial charge is 0.337 e. The Bertz CT molecular complexity index is 637. The van der Waals surface area contributed by atoms with E-state index >= 15 is 0 Å². The first-order chi connectivity index (χ1) is 8.56. The molecule has 2 rings (SSSR count). The highest BCUT2D eigenvalue weighted by molar-refractivity contribution is 7.07. The number of carboxylic acids is 1. The highest BCUT2D eigenvalue weighted by atomic mass is 35.5. The van der Waals surface area contributed by atoms with Crippen LogP contribution in [0, 0.1) is 0 Å². The zero-order valence-corrected chi connectivity index (χ0v) is 10.5. The highest BCUT2D eigenvalue weighted by Gasteiger charge is 2.08. The van der Waals surface area contributed by atoms with Crippen molar-refractivity contribution in [1.29, 1.82) is 0 Å². The van der Waals surface area contributed by atoms with Gasteiger partial charge in [0.05, 0.1) is 17.1 Å². The van der Waals surface area contributed by atoms with Gasteiger partial charge >= 0.3 is 10.8 Å². The Hall–Kier alpha value is -1.86. The summed E-state index contributed by atoms with van der Waals surface area (Å²) in [6, 6.07) is 1.32. The van der Waals surface area contributed by atoms with Gasteiger partial charge in [0.25, 0.3) is 0 Å². The normalized spacial score (nSPS) is 10.3. The van der Waals surface area contributed by atoms with Crippen molar-refractivity contribution in [3.63, 3.8) is 0 Å². The van der Waals surface area contributed by atoms with Crippen molar-refractivity contribution < 1.29 is 9.90 Å². The monoisotopic (exact) mass is 285 g/mol. The molecule has 8 heteroatoms. The Kier molecular flexibility index (Phi) is 3.63. The van der Waals surface area contributed by atoms with Crippen molar-refractivity contribution in [2.75, 3.05) is 5.32 Å². The van der Waals surface area contributed by atoms with E-state index in [0.29, 0.717) is 18.1 Å². The van der Waals surface area contributed by atoms with Crippen molar-refractivity contribution in [3.05, 3.63) is 43.6 Å². The fraction of sp³-hybridized carbons (Fsp3) is 0.100. The number of aromatic amines is 1. The number of hydrogen-bond acceptors (Lipinski definition) is 5. The van der Waals surface area contributed by atoms with Gasteiger partial charge in [0.1, 0.15) is 5.82 Å². The first-order valence-corrected chi connectivity index (χ1v) is 6.11. The zero-order valence-electron chi connectivity index (χ0n) is 8.94. The zero-order chi connectivity index (χ0) is 13.1. The summed E-state index contributed by atoms with van der Waals surface area (Å²) in [6.45, 7) is 0.359. The number of pyridine rings is 1. The van der Waals surface area contributed by atoms with Gasteiger partial charge in [-0.3, -0.25) is 4.79 Å². The second-order valence-corrected chi connectivity index (χ2v) is 4.64. The van der Waals surface area contributed by atoms with Gasteiger partial charge in [-0.15, -0.1) is 0 Å². The largest absolute Gasteiger partial charge is 0.478 e. The molecule has 0 unspecified atom stereocenters. The van der Waals surface area contributed by atoms with Crippen LogP contribution in [0.3, 0.4) is 0 Å². The number of nitrogens with one attached hydrogen (secondary N) is 2. The highest BCUT2D eigenvalue weighted by Crippen LogP contribution is 2.20. The molecule has 0 aromatic carbocycles. The third-order valence-corrected chi connectivity index (χ3v) is 3.11. The lowest BCUT2D eigenvalue weighted by atomic mass is 10.3. The van der Waals surface area contributed by atoms with E-state index in [1.165, 1.54) is 12.3 Å². The molecular weight excluding hydrogens is 278 g/mol. The molecule has 0 bridgehead atoms. The molecule has 94 valence electrons. The summed E-state index contributed by atoms with van der Waals surface area (Å²) in [4.78, 5) is 28.0. The van der Waals surface area contributed by atoms with E-state index < -0.39 is 5.97 Å². The van der Waals surface area contributed by atoms with Crippen molar-refractivity contribution >= 4 is 34.7 Å². The standard InChI is InChI=1S/C10H8ClN3O3S/c11-7-1-5(9(15)16)2-12-8(7)13-3-6-4-18-10(17)14-6/h1-2,4H,3H2,(H,12,13)(H,14,17)(H,15,16). The van der Waals surface area contributed by atoms with Crippen LogP contribution in [0.1, 0.15) is 16.1 Å². The van der Waals surface area contributed by atoms with E-state index in [1.54, 1.807) is 5.38 Å². The Labute approximate surface area is 110 Å². The Morgan fingerprint density at radius 2 is 2.39 bits per heavy atom. The van der Waals surface area contributed by atoms with E-state index in [4.69, 9.17) is 16.7 Å². The fourth-order valence-corrected chi connectivity index (χ4v) is 2.08. The average Bonchev–Trinajstić information content (AvgIpc) is 2.73. The lowest BCUT2D eigenvalue weighted by Gasteiger charge is -2.06. The maximum Gasteiger partial charge on any atom is 0.337 e. The van der Waals surface area contributed by atoms with Crippen LogP contribution < -0.4 is 10.2 Å². The van der Waals surface area contributed by atoms with Gasteiger partial charge in [0, 0.05) is 17.3 Å². The molecule has 2 aromatic rings. The van der Waals surface area contributed by atoms with Gasteiger partial charge in [0.15, 0.2) is 0 Å². The summed E-state index contributed by atoms with van der Waals surface area (Å²) in [5.41, 5.74) is 0.736. The number of H-pyrrole nitrogens is 1. The fourth-order valence-electron chi connectivity index (χ4n) is 1.26. The third kappa shape index (κ3) is 2.88. The molecule has 0 aliphatic heterocycles. The molecule has 2 aromatic heterocycles. The van der Waals surface area contributed by atoms with Crippen molar-refractivity contribution in [2.45, 2.75) is 6.54 Å². The first-order valence-electron chi connectivity index (χ1n) is 4.85. The lowest BCUT2D eigenvalue weighted by Crippen LogP contribution is -2.06. The molecule has 0 atom stereocenters. The molecule has 0 spiro atoms. The van der Waals surface area contributed by atoms with Gasteiger partial charge in [-0.1, -0.05) is 22.9 Å². The summed E-state index contributed by atoms with van der Waals surface area (Å²) in [6.07, 6.45) is 1.22. The summed E-state index contributed by atoms with van der Waals surface area (Å²) in [5.74, 6) is -0.716. The van der Waals surface area contributed by atoms with Crippen LogP contribution in [0.25, 0.3) is 0 Å². The minimum Gasteiger partial charge on any atom is -0.478 e. The van der Waals surface area contributed by atoms with Crippen molar-refractivity contribution in [3.8, 4) is 0 Å². The quantitative estimate of drug-likeness (QED) is 0.796. The number of thiazole rings is 1. The molecule has 0 saturated heterocycles. The number of carboxylic acid groups (broad SMARTS) is 1. The second kappa shape index (κ2) is 5.19. The number of halogens is 1. The molecule has 0 aliphatic rings. The van der Waals surface area contributed by atoms with Gasteiger partial charge < -0.3 is 15.4 Å². The Balaban J connectivity index is 2.10. The molecule has 0 amide bonds. The molecular formula is C10H8ClN3O3S. The summed E-state index contributed by atoms with van der Waals surface area (Å²) >= 11 is 6.96. The van der Waals surface area contributed by atoms with Crippen molar-refractivity contribution in [2.24, 2.45) is 0 Å². The number of aromatic carboxylic acids is 1. The molecule has 0 radical (unpaired) electrons. The summed E-state index contributed by atoms with van der Waals surface area (Å²) in [5, 5.41) is 13.6. The number of rotatable bonds is 4. The number of aromatic nitrogens is 2. The Morgan fingerprint density at radius 1 is 1.61 bits per heavy atom. The van der Waals surface area contributed by atoms with E-state index in [1.807, 2.05) is 0 Å². The van der Waals surface area contributed by atoms with Gasteiger partial charge in [-0.25, -0.2) is 9.78 Å². The number of nitrogens with zero attached hydrogens (tertiary/aromatic N) is 1. The maximum atomic E-state index is 10.9. The lowest BCUT2D eigenvalue weighted by molar-refractivity contribution is 0.0696. The minimum absolute atomic E-state index is 0.0227. The number of anilines is 1. The van der Waals surface area contributed by atoms with E-state index in [0.717, 1.165) is 11.3 Å². The Morgan fingerprint density at radius 3 is 2.94 bits per heavy atom. The topological polar surface area (TPSA) is 95.1 Å². The molecule has 0 aliphatic carbocycles. The van der Waals surface area contributed by atoms with E-state index in [2.05, 4.69) is 15.3 Å². The molecule has 0 saturated carbocycles. The van der Waals surface area contributed by atoms with Crippen LogP contribution >= 0.6 is 22.9 Å². The van der Waals surface area contributed by atoms with Crippen LogP contribution in [0.15, 0.2) is 22.4 Å². The number of hydrogen-bond donors (Lipinski definition) is 3. The summed E-state index contributed by atoms with van der Waals surface area (Å²) in [7, 11) is 0. The van der Waals surface area contributed by atoms with Crippen LogP contribution in [-0.2, 0) is 6.54 Å². The molecule has 2 heterocycles. The predicted octanol–water partition coefficient (Wildman–Crippen LogP) is 1.80. The predicted molar refractivity (Wildman–Crippen MR) is 68.5 cm³/mol. The average molecular weight is 286 g/mol. The second-order valence-electron chi connectivity index (χ2n) is 3.39. The third-order valence-electron chi connectivity index (χ3n) is 2.11. The number of carbonyl (C=O) groups is 1. The van der Waals surface area contributed by atoms with Crippen LogP contribution in [0.2, 0.25) is 5.02 Å². The van der Waals surface area contributed by atoms with E-state index in [-0.39, 0.29) is 15.5 Å². The first kappa shape index (κ1) is 12.6. The van der Waals surface area contributed by atoms with Crippen LogP contribution in [-0.4, -0.2) is 21.0 Å². The SMILES string of the molecule is O=C(O)c1cnc(NCc2csc(=O)[nH]2)c(Cl)c1. The molecule has 3 N–H and O–H groups in total. The molecule has 6 nitrogen and oxygen atoms in total. The van der Waals surface area contributed by atoms with Gasteiger partial charge in [0.2, 0.25) is 0 Å². The van der Waals surface area contributed by atoms with Crippen LogP contribution in [0.5, 0.6) is 0 Å². The minimum atomic E-state index is -1.09. The molecule has 18 heavy (non-hydrogen) atoms. The van der Waals surface area contributed by atoms with E-state index in [9.17, 15) is 9.59 Å². The van der Waals surface area contributed by atoms with Gasteiger partial charge in [-0.05, 0) is 6.07 Å². The van der Waals surface area contributed by atoms with Crippen LogP contribution in [0.4, 0.5) is 5.82 Å². The van der Waals surface area contributed by atoms with Crippen molar-refractivity contribution in [1.82, 2.24) is 9.97 Å². The molecule has 0 fully saturated rings. The maximum absolute atomic E-state index is 10.9. The summed E-state index contributed by atoms with van der Waals surface area (Å²) < 4.78 is 0.